The molecule has 0 aliphatic carbocycles. The fourth-order valence-electron chi connectivity index (χ4n) is 2.87. The van der Waals surface area contributed by atoms with E-state index in [1.165, 1.54) is 6.07 Å². The second-order valence-electron chi connectivity index (χ2n) is 6.65. The van der Waals surface area contributed by atoms with E-state index in [2.05, 4.69) is 25.7 Å². The number of aromatic nitrogens is 3. The zero-order valence-corrected chi connectivity index (χ0v) is 16.7. The second-order valence-corrected chi connectivity index (χ2v) is 6.65. The molecule has 0 aliphatic rings. The van der Waals surface area contributed by atoms with Gasteiger partial charge in [-0.2, -0.15) is 5.10 Å². The summed E-state index contributed by atoms with van der Waals surface area (Å²) in [6.07, 6.45) is 1.76. The highest BCUT2D eigenvalue weighted by Crippen LogP contribution is 2.11. The lowest BCUT2D eigenvalue weighted by Crippen LogP contribution is -2.37. The molecule has 0 amide bonds. The van der Waals surface area contributed by atoms with Crippen molar-refractivity contribution in [2.45, 2.75) is 33.9 Å². The van der Waals surface area contributed by atoms with E-state index in [9.17, 15) is 8.78 Å². The van der Waals surface area contributed by atoms with Crippen LogP contribution in [0.5, 0.6) is 0 Å². The van der Waals surface area contributed by atoms with Crippen LogP contribution in [0.15, 0.2) is 47.6 Å². The normalized spacial score (nSPS) is 11.6. The third-order valence-electron chi connectivity index (χ3n) is 4.25. The van der Waals surface area contributed by atoms with Crippen LogP contribution in [-0.4, -0.2) is 27.3 Å². The number of nitrogens with zero attached hydrogens (tertiary/aromatic N) is 4. The Bertz CT molecular complexity index is 995. The first-order valence-electron chi connectivity index (χ1n) is 9.41. The topological polar surface area (TPSA) is 67.1 Å². The van der Waals surface area contributed by atoms with Gasteiger partial charge in [-0.1, -0.05) is 6.07 Å². The molecule has 29 heavy (non-hydrogen) atoms. The molecule has 2 N–H and O–H groups in total. The molecule has 0 aliphatic heterocycles. The zero-order chi connectivity index (χ0) is 20.8. The summed E-state index contributed by atoms with van der Waals surface area (Å²) >= 11 is 0. The average Bonchev–Trinajstić information content (AvgIpc) is 3.05. The van der Waals surface area contributed by atoms with E-state index >= 15 is 0 Å². The molecule has 6 nitrogen and oxygen atoms in total. The van der Waals surface area contributed by atoms with Crippen molar-refractivity contribution in [2.75, 3.05) is 6.54 Å². The van der Waals surface area contributed by atoms with Gasteiger partial charge in [0.05, 0.1) is 12.2 Å². The number of aryl methyl sites for hydroxylation is 2. The lowest BCUT2D eigenvalue weighted by molar-refractivity contribution is 0.581. The van der Waals surface area contributed by atoms with Crippen molar-refractivity contribution >= 4 is 5.96 Å². The molecule has 0 atom stereocenters. The minimum atomic E-state index is -0.473. The number of hydrogen-bond donors (Lipinski definition) is 2. The van der Waals surface area contributed by atoms with E-state index in [0.29, 0.717) is 19.0 Å². The Labute approximate surface area is 168 Å². The van der Waals surface area contributed by atoms with Crippen molar-refractivity contribution in [3.8, 4) is 5.82 Å². The van der Waals surface area contributed by atoms with E-state index in [-0.39, 0.29) is 12.1 Å². The fourth-order valence-corrected chi connectivity index (χ4v) is 2.87. The molecule has 1 aromatic carbocycles. The average molecular weight is 398 g/mol. The van der Waals surface area contributed by atoms with Gasteiger partial charge in [0.15, 0.2) is 11.8 Å². The van der Waals surface area contributed by atoms with E-state index in [0.717, 1.165) is 34.9 Å². The molecule has 3 rings (SSSR count). The first-order chi connectivity index (χ1) is 14.0. The number of benzene rings is 1. The number of halogens is 2. The highest BCUT2D eigenvalue weighted by atomic mass is 19.1. The molecular weight excluding hydrogens is 374 g/mol. The van der Waals surface area contributed by atoms with Crippen LogP contribution in [0.1, 0.15) is 29.4 Å². The maximum Gasteiger partial charge on any atom is 0.191 e. The van der Waals surface area contributed by atoms with Crippen LogP contribution in [0.25, 0.3) is 5.82 Å². The van der Waals surface area contributed by atoms with Crippen LogP contribution in [0.2, 0.25) is 0 Å². The van der Waals surface area contributed by atoms with Crippen molar-refractivity contribution < 1.29 is 8.78 Å². The van der Waals surface area contributed by atoms with Crippen molar-refractivity contribution in [2.24, 2.45) is 4.99 Å². The Balaban J connectivity index is 1.66. The van der Waals surface area contributed by atoms with E-state index < -0.39 is 11.6 Å². The van der Waals surface area contributed by atoms with Crippen molar-refractivity contribution in [3.05, 3.63) is 76.7 Å². The molecule has 0 unspecified atom stereocenters. The van der Waals surface area contributed by atoms with Gasteiger partial charge in [-0.3, -0.25) is 0 Å². The van der Waals surface area contributed by atoms with E-state index in [1.54, 1.807) is 10.9 Å². The molecule has 0 bridgehead atoms. The summed E-state index contributed by atoms with van der Waals surface area (Å²) in [6.45, 7) is 7.03. The standard InChI is InChI=1S/C21H24F2N6/c1-4-24-21(27-13-17-10-18(22)6-7-19(17)23)26-12-16-5-8-20(25-11-16)29-15(3)9-14(2)28-29/h5-11H,4,12-13H2,1-3H3,(H2,24,26,27). The summed E-state index contributed by atoms with van der Waals surface area (Å²) in [5.41, 5.74) is 3.12. The Morgan fingerprint density at radius 2 is 1.93 bits per heavy atom. The number of guanidine groups is 1. The number of nitrogens with one attached hydrogen (secondary N) is 2. The number of rotatable bonds is 6. The molecule has 2 aromatic heterocycles. The Morgan fingerprint density at radius 1 is 1.10 bits per heavy atom. The van der Waals surface area contributed by atoms with Crippen molar-refractivity contribution in [3.63, 3.8) is 0 Å². The summed E-state index contributed by atoms with van der Waals surface area (Å²) in [4.78, 5) is 8.95. The summed E-state index contributed by atoms with van der Waals surface area (Å²) in [7, 11) is 0. The molecule has 0 saturated heterocycles. The highest BCUT2D eigenvalue weighted by Gasteiger charge is 2.07. The number of aliphatic imine (C=N–C) groups is 1. The lowest BCUT2D eigenvalue weighted by atomic mass is 10.2. The SMILES string of the molecule is CCNC(=NCc1ccc(-n2nc(C)cc2C)nc1)NCc1cc(F)ccc1F. The summed E-state index contributed by atoms with van der Waals surface area (Å²) in [5, 5.41) is 10.5. The van der Waals surface area contributed by atoms with Gasteiger partial charge in [0.2, 0.25) is 0 Å². The van der Waals surface area contributed by atoms with Crippen LogP contribution < -0.4 is 10.6 Å². The lowest BCUT2D eigenvalue weighted by Gasteiger charge is -2.12. The maximum atomic E-state index is 13.8. The zero-order valence-electron chi connectivity index (χ0n) is 16.7. The maximum absolute atomic E-state index is 13.8. The quantitative estimate of drug-likeness (QED) is 0.493. The first kappa shape index (κ1) is 20.4. The summed E-state index contributed by atoms with van der Waals surface area (Å²) < 4.78 is 28.9. The molecular formula is C21H24F2N6. The third-order valence-corrected chi connectivity index (χ3v) is 4.25. The number of pyridine rings is 1. The van der Waals surface area contributed by atoms with Gasteiger partial charge >= 0.3 is 0 Å². The van der Waals surface area contributed by atoms with Gasteiger partial charge in [0.1, 0.15) is 11.6 Å². The van der Waals surface area contributed by atoms with E-state index in [1.807, 2.05) is 39.0 Å². The van der Waals surface area contributed by atoms with Crippen LogP contribution in [0.4, 0.5) is 8.78 Å². The molecule has 3 aromatic rings. The van der Waals surface area contributed by atoms with Gasteiger partial charge < -0.3 is 10.6 Å². The van der Waals surface area contributed by atoms with E-state index in [4.69, 9.17) is 0 Å². The third kappa shape index (κ3) is 5.37. The molecule has 152 valence electrons. The number of hydrogen-bond acceptors (Lipinski definition) is 3. The van der Waals surface area contributed by atoms with Crippen molar-refractivity contribution in [1.29, 1.82) is 0 Å². The Kier molecular flexibility index (Phi) is 6.54. The molecule has 8 heteroatoms. The molecule has 0 fully saturated rings. The van der Waals surface area contributed by atoms with Gasteiger partial charge in [-0.25, -0.2) is 23.4 Å². The second kappa shape index (κ2) is 9.27. The molecule has 0 radical (unpaired) electrons. The largest absolute Gasteiger partial charge is 0.357 e. The van der Waals surface area contributed by atoms with Gasteiger partial charge in [0.25, 0.3) is 0 Å². The predicted molar refractivity (Wildman–Crippen MR) is 109 cm³/mol. The van der Waals surface area contributed by atoms with Crippen LogP contribution in [0, 0.1) is 25.5 Å². The minimum Gasteiger partial charge on any atom is -0.357 e. The fraction of sp³-hybridized carbons (Fsp3) is 0.286. The van der Waals surface area contributed by atoms with Crippen LogP contribution in [-0.2, 0) is 13.1 Å². The highest BCUT2D eigenvalue weighted by molar-refractivity contribution is 5.79. The minimum absolute atomic E-state index is 0.130. The Morgan fingerprint density at radius 3 is 2.59 bits per heavy atom. The van der Waals surface area contributed by atoms with Gasteiger partial charge in [-0.05, 0) is 56.7 Å². The smallest absolute Gasteiger partial charge is 0.191 e. The monoisotopic (exact) mass is 398 g/mol. The molecule has 0 spiro atoms. The molecule has 2 heterocycles. The van der Waals surface area contributed by atoms with Crippen LogP contribution >= 0.6 is 0 Å². The van der Waals surface area contributed by atoms with Gasteiger partial charge in [0, 0.05) is 30.5 Å². The first-order valence-corrected chi connectivity index (χ1v) is 9.41. The van der Waals surface area contributed by atoms with Crippen LogP contribution in [0.3, 0.4) is 0 Å². The Hall–Kier alpha value is -3.29. The van der Waals surface area contributed by atoms with Crippen molar-refractivity contribution in [1.82, 2.24) is 25.4 Å². The molecule has 0 saturated carbocycles. The summed E-state index contributed by atoms with van der Waals surface area (Å²) in [5.74, 6) is 0.325. The summed E-state index contributed by atoms with van der Waals surface area (Å²) in [6, 6.07) is 9.22. The predicted octanol–water partition coefficient (Wildman–Crippen LogP) is 3.42. The van der Waals surface area contributed by atoms with Gasteiger partial charge in [-0.15, -0.1) is 0 Å².